The van der Waals surface area contributed by atoms with Gasteiger partial charge in [-0.15, -0.1) is 0 Å². The Morgan fingerprint density at radius 2 is 2.15 bits per heavy atom. The Morgan fingerprint density at radius 1 is 1.33 bits per heavy atom. The standard InChI is InChI=1S/C10H17NO.C9H10N4O2/c1-8(2)11-10(12)9-6-4-3-5-7-9;1-6-4-7(15-13-6)5-9(14)11-8-2-3-10-12-8/h6,8H,3-5,7H2,1-2H3,(H,11,12);2-4H,5H2,1H3,(H2,10,11,12,14). The molecule has 0 atom stereocenters. The minimum atomic E-state index is -0.171. The maximum Gasteiger partial charge on any atom is 0.247 e. The van der Waals surface area contributed by atoms with Crippen LogP contribution >= 0.6 is 0 Å². The van der Waals surface area contributed by atoms with Crippen molar-refractivity contribution in [3.05, 3.63) is 41.4 Å². The molecule has 0 aromatic carbocycles. The van der Waals surface area contributed by atoms with Crippen LogP contribution in [0.2, 0.25) is 0 Å². The van der Waals surface area contributed by atoms with E-state index in [-0.39, 0.29) is 24.3 Å². The Labute approximate surface area is 158 Å². The topological polar surface area (TPSA) is 113 Å². The number of aryl methyl sites for hydroxylation is 1. The van der Waals surface area contributed by atoms with Crippen LogP contribution in [0, 0.1) is 6.92 Å². The number of hydrogen-bond donors (Lipinski definition) is 3. The van der Waals surface area contributed by atoms with E-state index >= 15 is 0 Å². The molecule has 0 radical (unpaired) electrons. The molecular weight excluding hydrogens is 346 g/mol. The normalized spacial score (nSPS) is 13.4. The maximum atomic E-state index is 11.4. The van der Waals surface area contributed by atoms with Gasteiger partial charge in [0.25, 0.3) is 0 Å². The van der Waals surface area contributed by atoms with E-state index in [0.29, 0.717) is 11.6 Å². The van der Waals surface area contributed by atoms with Crippen LogP contribution in [0.25, 0.3) is 0 Å². The molecule has 2 amide bonds. The fourth-order valence-corrected chi connectivity index (χ4v) is 2.58. The van der Waals surface area contributed by atoms with Crippen molar-refractivity contribution in [3.63, 3.8) is 0 Å². The Hall–Kier alpha value is -2.90. The van der Waals surface area contributed by atoms with E-state index in [2.05, 4.69) is 32.1 Å². The predicted molar refractivity (Wildman–Crippen MR) is 102 cm³/mol. The van der Waals surface area contributed by atoms with Crippen LogP contribution in [0.5, 0.6) is 0 Å². The average Bonchev–Trinajstić information content (AvgIpc) is 3.27. The molecule has 2 heterocycles. The minimum Gasteiger partial charge on any atom is -0.361 e. The lowest BCUT2D eigenvalue weighted by atomic mass is 9.99. The van der Waals surface area contributed by atoms with Crippen LogP contribution < -0.4 is 10.6 Å². The number of anilines is 1. The molecule has 0 saturated heterocycles. The van der Waals surface area contributed by atoms with Crippen LogP contribution in [0.3, 0.4) is 0 Å². The highest BCUT2D eigenvalue weighted by atomic mass is 16.5. The van der Waals surface area contributed by atoms with Gasteiger partial charge in [-0.1, -0.05) is 11.2 Å². The van der Waals surface area contributed by atoms with Gasteiger partial charge in [0.15, 0.2) is 0 Å². The van der Waals surface area contributed by atoms with Crippen molar-refractivity contribution < 1.29 is 14.1 Å². The number of aromatic amines is 1. The zero-order valence-corrected chi connectivity index (χ0v) is 16.0. The third-order valence-electron chi connectivity index (χ3n) is 3.79. The summed E-state index contributed by atoms with van der Waals surface area (Å²) in [5.74, 6) is 1.07. The third-order valence-corrected chi connectivity index (χ3v) is 3.79. The van der Waals surface area contributed by atoms with Crippen LogP contribution in [0.15, 0.2) is 34.5 Å². The van der Waals surface area contributed by atoms with Crippen molar-refractivity contribution in [3.8, 4) is 0 Å². The van der Waals surface area contributed by atoms with E-state index < -0.39 is 0 Å². The molecule has 0 aliphatic heterocycles. The number of rotatable bonds is 5. The highest BCUT2D eigenvalue weighted by molar-refractivity contribution is 5.93. The molecular formula is C19H27N5O3. The second-order valence-corrected chi connectivity index (χ2v) is 6.73. The Balaban J connectivity index is 0.000000199. The van der Waals surface area contributed by atoms with Gasteiger partial charge in [0.2, 0.25) is 11.8 Å². The molecule has 3 rings (SSSR count). The van der Waals surface area contributed by atoms with E-state index in [4.69, 9.17) is 4.52 Å². The average molecular weight is 373 g/mol. The Morgan fingerprint density at radius 3 is 2.70 bits per heavy atom. The molecule has 0 spiro atoms. The van der Waals surface area contributed by atoms with Crippen LogP contribution in [0.1, 0.15) is 51.0 Å². The van der Waals surface area contributed by atoms with Crippen molar-refractivity contribution in [1.82, 2.24) is 20.7 Å². The van der Waals surface area contributed by atoms with E-state index in [0.717, 1.165) is 30.5 Å². The Bertz CT molecular complexity index is 762. The summed E-state index contributed by atoms with van der Waals surface area (Å²) in [6, 6.07) is 3.65. The van der Waals surface area contributed by atoms with Crippen LogP contribution in [-0.4, -0.2) is 33.2 Å². The predicted octanol–water partition coefficient (Wildman–Crippen LogP) is 2.90. The highest BCUT2D eigenvalue weighted by Crippen LogP contribution is 2.17. The molecule has 8 nitrogen and oxygen atoms in total. The first-order valence-electron chi connectivity index (χ1n) is 9.15. The van der Waals surface area contributed by atoms with Gasteiger partial charge in [-0.05, 0) is 46.5 Å². The van der Waals surface area contributed by atoms with Gasteiger partial charge >= 0.3 is 0 Å². The summed E-state index contributed by atoms with van der Waals surface area (Å²) < 4.78 is 4.92. The summed E-state index contributed by atoms with van der Waals surface area (Å²) in [7, 11) is 0. The van der Waals surface area contributed by atoms with Crippen LogP contribution in [-0.2, 0) is 16.0 Å². The summed E-state index contributed by atoms with van der Waals surface area (Å²) in [5.41, 5.74) is 1.74. The quantitative estimate of drug-likeness (QED) is 0.746. The maximum absolute atomic E-state index is 11.4. The molecule has 1 aliphatic rings. The zero-order chi connectivity index (χ0) is 19.6. The number of hydrogen-bond acceptors (Lipinski definition) is 5. The first kappa shape index (κ1) is 20.4. The number of nitrogens with one attached hydrogen (secondary N) is 3. The van der Waals surface area contributed by atoms with Gasteiger partial charge in [-0.2, -0.15) is 5.10 Å². The van der Waals surface area contributed by atoms with E-state index in [1.807, 2.05) is 13.8 Å². The number of nitrogens with zero attached hydrogens (tertiary/aromatic N) is 2. The molecule has 0 fully saturated rings. The fraction of sp³-hybridized carbons (Fsp3) is 0.474. The highest BCUT2D eigenvalue weighted by Gasteiger charge is 2.12. The van der Waals surface area contributed by atoms with Gasteiger partial charge in [0.1, 0.15) is 11.6 Å². The molecule has 0 saturated carbocycles. The first-order valence-corrected chi connectivity index (χ1v) is 9.15. The second-order valence-electron chi connectivity index (χ2n) is 6.73. The molecule has 0 unspecified atom stereocenters. The van der Waals surface area contributed by atoms with Crippen molar-refractivity contribution in [2.75, 3.05) is 5.32 Å². The van der Waals surface area contributed by atoms with E-state index in [9.17, 15) is 9.59 Å². The Kier molecular flexibility index (Phi) is 7.79. The van der Waals surface area contributed by atoms with Gasteiger partial charge in [0, 0.05) is 23.7 Å². The molecule has 146 valence electrons. The number of allylic oxidation sites excluding steroid dienone is 1. The second kappa shape index (κ2) is 10.3. The zero-order valence-electron chi connectivity index (χ0n) is 16.0. The molecule has 2 aromatic rings. The van der Waals surface area contributed by atoms with Crippen molar-refractivity contribution >= 4 is 17.6 Å². The van der Waals surface area contributed by atoms with Crippen LogP contribution in [0.4, 0.5) is 5.82 Å². The van der Waals surface area contributed by atoms with E-state index in [1.54, 1.807) is 25.3 Å². The molecule has 8 heteroatoms. The first-order chi connectivity index (χ1) is 12.9. The summed E-state index contributed by atoms with van der Waals surface area (Å²) in [6.07, 6.45) is 8.23. The molecule has 2 aromatic heterocycles. The monoisotopic (exact) mass is 373 g/mol. The molecule has 0 bridgehead atoms. The van der Waals surface area contributed by atoms with Crippen molar-refractivity contribution in [1.29, 1.82) is 0 Å². The van der Waals surface area contributed by atoms with Gasteiger partial charge in [0.05, 0.1) is 18.3 Å². The van der Waals surface area contributed by atoms with Gasteiger partial charge in [-0.25, -0.2) is 0 Å². The lowest BCUT2D eigenvalue weighted by Gasteiger charge is -2.14. The number of carbonyl (C=O) groups is 2. The van der Waals surface area contributed by atoms with E-state index in [1.165, 1.54) is 6.42 Å². The largest absolute Gasteiger partial charge is 0.361 e. The number of aromatic nitrogens is 3. The minimum absolute atomic E-state index is 0.129. The summed E-state index contributed by atoms with van der Waals surface area (Å²) >= 11 is 0. The molecule has 1 aliphatic carbocycles. The summed E-state index contributed by atoms with van der Waals surface area (Å²) in [5, 5.41) is 15.6. The van der Waals surface area contributed by atoms with Crippen molar-refractivity contribution in [2.24, 2.45) is 0 Å². The lowest BCUT2D eigenvalue weighted by Crippen LogP contribution is -2.31. The smallest absolute Gasteiger partial charge is 0.247 e. The van der Waals surface area contributed by atoms with Crippen molar-refractivity contribution in [2.45, 2.75) is 58.9 Å². The number of carbonyl (C=O) groups excluding carboxylic acids is 2. The number of amides is 2. The third kappa shape index (κ3) is 7.47. The number of H-pyrrole nitrogens is 1. The summed E-state index contributed by atoms with van der Waals surface area (Å²) in [6.45, 7) is 5.78. The van der Waals surface area contributed by atoms with Gasteiger partial charge < -0.3 is 15.2 Å². The summed E-state index contributed by atoms with van der Waals surface area (Å²) in [4.78, 5) is 22.9. The van der Waals surface area contributed by atoms with Gasteiger partial charge in [-0.3, -0.25) is 14.7 Å². The lowest BCUT2D eigenvalue weighted by molar-refractivity contribution is -0.118. The SMILES string of the molecule is CC(C)NC(=O)C1=CCCCC1.Cc1cc(CC(=O)Nc2ccn[nH]2)on1. The molecule has 3 N–H and O–H groups in total. The molecule has 27 heavy (non-hydrogen) atoms. The fourth-order valence-electron chi connectivity index (χ4n) is 2.58.